The standard InChI is InChI=1S/C16H21N3O2/c1-20-14-7-3-6-13(12-14)19(11-5-9-17)16-15(21-2)8-4-10-18-16/h3-4,6-8,10,12H,5,9,11,17H2,1-2H3. The Morgan fingerprint density at radius 2 is 2.00 bits per heavy atom. The van der Waals surface area contributed by atoms with Crippen molar-refractivity contribution in [2.75, 3.05) is 32.2 Å². The van der Waals surface area contributed by atoms with Gasteiger partial charge in [-0.3, -0.25) is 0 Å². The van der Waals surface area contributed by atoms with Crippen LogP contribution in [0.15, 0.2) is 42.6 Å². The van der Waals surface area contributed by atoms with Gasteiger partial charge >= 0.3 is 0 Å². The first-order valence-electron chi connectivity index (χ1n) is 6.90. The number of methoxy groups -OCH3 is 2. The highest BCUT2D eigenvalue weighted by molar-refractivity contribution is 5.66. The second kappa shape index (κ2) is 7.50. The molecule has 0 bridgehead atoms. The van der Waals surface area contributed by atoms with E-state index in [1.807, 2.05) is 36.4 Å². The van der Waals surface area contributed by atoms with Gasteiger partial charge in [-0.25, -0.2) is 4.98 Å². The van der Waals surface area contributed by atoms with Crippen LogP contribution in [-0.2, 0) is 0 Å². The number of aromatic nitrogens is 1. The summed E-state index contributed by atoms with van der Waals surface area (Å²) in [5.74, 6) is 2.32. The molecule has 5 heteroatoms. The number of rotatable bonds is 7. The van der Waals surface area contributed by atoms with Gasteiger partial charge < -0.3 is 20.1 Å². The molecule has 0 atom stereocenters. The van der Waals surface area contributed by atoms with Crippen LogP contribution in [-0.4, -0.2) is 32.3 Å². The highest BCUT2D eigenvalue weighted by Crippen LogP contribution is 2.32. The smallest absolute Gasteiger partial charge is 0.175 e. The van der Waals surface area contributed by atoms with Crippen LogP contribution < -0.4 is 20.1 Å². The van der Waals surface area contributed by atoms with Crippen LogP contribution >= 0.6 is 0 Å². The van der Waals surface area contributed by atoms with Crippen molar-refractivity contribution in [3.05, 3.63) is 42.6 Å². The van der Waals surface area contributed by atoms with Gasteiger partial charge in [0.05, 0.1) is 14.2 Å². The predicted octanol–water partition coefficient (Wildman–Crippen LogP) is 2.59. The Morgan fingerprint density at radius 1 is 1.14 bits per heavy atom. The lowest BCUT2D eigenvalue weighted by molar-refractivity contribution is 0.412. The first kappa shape index (κ1) is 15.1. The Bertz CT molecular complexity index is 575. The number of nitrogens with two attached hydrogens (primary N) is 1. The van der Waals surface area contributed by atoms with Crippen molar-refractivity contribution in [1.82, 2.24) is 4.98 Å². The molecule has 0 saturated carbocycles. The maximum Gasteiger partial charge on any atom is 0.175 e. The fourth-order valence-corrected chi connectivity index (χ4v) is 2.13. The number of hydrogen-bond donors (Lipinski definition) is 1. The first-order chi connectivity index (χ1) is 10.3. The summed E-state index contributed by atoms with van der Waals surface area (Å²) in [5, 5.41) is 0. The largest absolute Gasteiger partial charge is 0.497 e. The quantitative estimate of drug-likeness (QED) is 0.848. The molecule has 1 aromatic carbocycles. The average molecular weight is 287 g/mol. The Morgan fingerprint density at radius 3 is 2.71 bits per heavy atom. The van der Waals surface area contributed by atoms with E-state index in [0.717, 1.165) is 36.0 Å². The molecule has 5 nitrogen and oxygen atoms in total. The number of hydrogen-bond acceptors (Lipinski definition) is 5. The van der Waals surface area contributed by atoms with Crippen molar-refractivity contribution in [1.29, 1.82) is 0 Å². The van der Waals surface area contributed by atoms with Crippen molar-refractivity contribution < 1.29 is 9.47 Å². The minimum absolute atomic E-state index is 0.621. The highest BCUT2D eigenvalue weighted by Gasteiger charge is 2.15. The summed E-state index contributed by atoms with van der Waals surface area (Å²) in [6, 6.07) is 11.6. The van der Waals surface area contributed by atoms with Gasteiger partial charge in [-0.1, -0.05) is 6.07 Å². The van der Waals surface area contributed by atoms with Crippen molar-refractivity contribution in [3.8, 4) is 11.5 Å². The van der Waals surface area contributed by atoms with Gasteiger partial charge in [0.2, 0.25) is 0 Å². The van der Waals surface area contributed by atoms with Gasteiger partial charge in [-0.2, -0.15) is 0 Å². The third-order valence-corrected chi connectivity index (χ3v) is 3.18. The number of anilines is 2. The second-order valence-corrected chi connectivity index (χ2v) is 4.52. The number of nitrogens with zero attached hydrogens (tertiary/aromatic N) is 2. The number of ether oxygens (including phenoxy) is 2. The molecule has 2 aromatic rings. The van der Waals surface area contributed by atoms with Crippen molar-refractivity contribution in [3.63, 3.8) is 0 Å². The zero-order chi connectivity index (χ0) is 15.1. The van der Waals surface area contributed by atoms with Crippen molar-refractivity contribution in [2.45, 2.75) is 6.42 Å². The van der Waals surface area contributed by atoms with Gasteiger partial charge in [-0.05, 0) is 37.2 Å². The van der Waals surface area contributed by atoms with E-state index in [-0.39, 0.29) is 0 Å². The highest BCUT2D eigenvalue weighted by atomic mass is 16.5. The molecular weight excluding hydrogens is 266 g/mol. The van der Waals surface area contributed by atoms with Gasteiger partial charge in [0.15, 0.2) is 11.6 Å². The zero-order valence-corrected chi connectivity index (χ0v) is 12.5. The molecule has 0 spiro atoms. The summed E-state index contributed by atoms with van der Waals surface area (Å²) in [6.07, 6.45) is 2.62. The summed E-state index contributed by atoms with van der Waals surface area (Å²) in [7, 11) is 3.30. The fraction of sp³-hybridized carbons (Fsp3) is 0.312. The molecule has 2 rings (SSSR count). The van der Waals surface area contributed by atoms with Crippen LogP contribution in [0.4, 0.5) is 11.5 Å². The molecule has 0 fully saturated rings. The summed E-state index contributed by atoms with van der Waals surface area (Å²) in [6.45, 7) is 1.38. The topological polar surface area (TPSA) is 60.6 Å². The zero-order valence-electron chi connectivity index (χ0n) is 12.5. The van der Waals surface area contributed by atoms with E-state index in [1.165, 1.54) is 0 Å². The Kier molecular flexibility index (Phi) is 5.40. The lowest BCUT2D eigenvalue weighted by atomic mass is 10.2. The van der Waals surface area contributed by atoms with E-state index >= 15 is 0 Å². The van der Waals surface area contributed by atoms with Gasteiger partial charge in [0.25, 0.3) is 0 Å². The van der Waals surface area contributed by atoms with Crippen LogP contribution in [0, 0.1) is 0 Å². The molecule has 21 heavy (non-hydrogen) atoms. The normalized spacial score (nSPS) is 10.2. The molecule has 0 aliphatic rings. The second-order valence-electron chi connectivity index (χ2n) is 4.52. The fourth-order valence-electron chi connectivity index (χ4n) is 2.13. The lowest BCUT2D eigenvalue weighted by Crippen LogP contribution is -2.22. The molecule has 0 saturated heterocycles. The molecular formula is C16H21N3O2. The minimum atomic E-state index is 0.621. The maximum atomic E-state index is 5.66. The molecule has 0 unspecified atom stereocenters. The maximum absolute atomic E-state index is 5.66. The van der Waals surface area contributed by atoms with E-state index < -0.39 is 0 Å². The molecule has 112 valence electrons. The molecule has 0 aliphatic carbocycles. The van der Waals surface area contributed by atoms with Gasteiger partial charge in [-0.15, -0.1) is 0 Å². The third-order valence-electron chi connectivity index (χ3n) is 3.18. The first-order valence-corrected chi connectivity index (χ1v) is 6.90. The molecule has 0 aliphatic heterocycles. The summed E-state index contributed by atoms with van der Waals surface area (Å²) in [4.78, 5) is 6.55. The molecule has 1 aromatic heterocycles. The number of pyridine rings is 1. The molecule has 0 radical (unpaired) electrons. The van der Waals surface area contributed by atoms with Crippen LogP contribution in [0.5, 0.6) is 11.5 Å². The van der Waals surface area contributed by atoms with Gasteiger partial charge in [0, 0.05) is 24.5 Å². The third kappa shape index (κ3) is 3.64. The predicted molar refractivity (Wildman–Crippen MR) is 84.5 cm³/mol. The van der Waals surface area contributed by atoms with Crippen LogP contribution in [0.3, 0.4) is 0 Å². The Hall–Kier alpha value is -2.27. The van der Waals surface area contributed by atoms with E-state index in [2.05, 4.69) is 9.88 Å². The molecule has 0 amide bonds. The summed E-state index contributed by atoms with van der Waals surface area (Å²) in [5.41, 5.74) is 6.66. The minimum Gasteiger partial charge on any atom is -0.497 e. The van der Waals surface area contributed by atoms with E-state index in [0.29, 0.717) is 6.54 Å². The van der Waals surface area contributed by atoms with Crippen LogP contribution in [0.2, 0.25) is 0 Å². The lowest BCUT2D eigenvalue weighted by Gasteiger charge is -2.25. The average Bonchev–Trinajstić information content (AvgIpc) is 2.56. The summed E-state index contributed by atoms with van der Waals surface area (Å²) < 4.78 is 10.7. The van der Waals surface area contributed by atoms with E-state index in [9.17, 15) is 0 Å². The monoisotopic (exact) mass is 287 g/mol. The summed E-state index contributed by atoms with van der Waals surface area (Å²) >= 11 is 0. The van der Waals surface area contributed by atoms with Crippen LogP contribution in [0.1, 0.15) is 6.42 Å². The molecule has 1 heterocycles. The van der Waals surface area contributed by atoms with E-state index in [4.69, 9.17) is 15.2 Å². The van der Waals surface area contributed by atoms with Gasteiger partial charge in [0.1, 0.15) is 5.75 Å². The Balaban J connectivity index is 2.41. The van der Waals surface area contributed by atoms with Crippen molar-refractivity contribution >= 4 is 11.5 Å². The van der Waals surface area contributed by atoms with Crippen molar-refractivity contribution in [2.24, 2.45) is 5.73 Å². The number of benzene rings is 1. The van der Waals surface area contributed by atoms with Crippen LogP contribution in [0.25, 0.3) is 0 Å². The Labute approximate surface area is 125 Å². The van der Waals surface area contributed by atoms with E-state index in [1.54, 1.807) is 20.4 Å². The molecule has 2 N–H and O–H groups in total. The SMILES string of the molecule is COc1cccc(N(CCCN)c2ncccc2OC)c1.